The number of nitrogens with zero attached hydrogens (tertiary/aromatic N) is 1. The Labute approximate surface area is 150 Å². The zero-order chi connectivity index (χ0) is 18.3. The van der Waals surface area contributed by atoms with Gasteiger partial charge >= 0.3 is 5.97 Å². The second-order valence-electron chi connectivity index (χ2n) is 6.48. The molecule has 0 saturated carbocycles. The number of hydrogen-bond acceptors (Lipinski definition) is 6. The van der Waals surface area contributed by atoms with Crippen molar-refractivity contribution < 1.29 is 19.2 Å². The van der Waals surface area contributed by atoms with E-state index in [0.717, 1.165) is 17.5 Å². The van der Waals surface area contributed by atoms with Gasteiger partial charge in [0, 0.05) is 30.2 Å². The summed E-state index contributed by atoms with van der Waals surface area (Å²) in [5.74, 6) is -0.291. The summed E-state index contributed by atoms with van der Waals surface area (Å²) >= 11 is 0. The van der Waals surface area contributed by atoms with Crippen LogP contribution in [0.2, 0.25) is 0 Å². The molecule has 2 heterocycles. The van der Waals surface area contributed by atoms with Gasteiger partial charge in [0.05, 0.1) is 35.4 Å². The molecule has 7 heteroatoms. The fourth-order valence-corrected chi connectivity index (χ4v) is 3.94. The second kappa shape index (κ2) is 6.42. The van der Waals surface area contributed by atoms with Gasteiger partial charge in [-0.2, -0.15) is 0 Å². The van der Waals surface area contributed by atoms with Crippen molar-refractivity contribution in [3.8, 4) is 0 Å². The van der Waals surface area contributed by atoms with Gasteiger partial charge in [0.15, 0.2) is 0 Å². The Morgan fingerprint density at radius 1 is 1.31 bits per heavy atom. The lowest BCUT2D eigenvalue weighted by Crippen LogP contribution is -2.30. The van der Waals surface area contributed by atoms with E-state index in [2.05, 4.69) is 5.32 Å². The van der Waals surface area contributed by atoms with Gasteiger partial charge < -0.3 is 14.8 Å². The molecule has 1 saturated heterocycles. The Morgan fingerprint density at radius 3 is 2.88 bits per heavy atom. The van der Waals surface area contributed by atoms with Crippen LogP contribution >= 0.6 is 0 Å². The summed E-state index contributed by atoms with van der Waals surface area (Å²) in [5, 5.41) is 14.6. The number of anilines is 1. The first kappa shape index (κ1) is 16.5. The van der Waals surface area contributed by atoms with Crippen LogP contribution < -0.4 is 5.32 Å². The summed E-state index contributed by atoms with van der Waals surface area (Å²) in [6.07, 6.45) is 0.688. The molecule has 0 amide bonds. The summed E-state index contributed by atoms with van der Waals surface area (Å²) in [6.45, 7) is 0.615. The number of carbonyl (C=O) groups is 1. The molecular formula is C19H18N2O5. The lowest BCUT2D eigenvalue weighted by atomic mass is 9.80. The molecule has 0 bridgehead atoms. The highest BCUT2D eigenvalue weighted by molar-refractivity contribution is 5.97. The van der Waals surface area contributed by atoms with E-state index in [0.29, 0.717) is 17.9 Å². The highest BCUT2D eigenvalue weighted by Gasteiger charge is 2.42. The molecule has 4 rings (SSSR count). The first-order valence-electron chi connectivity index (χ1n) is 8.44. The summed E-state index contributed by atoms with van der Waals surface area (Å²) < 4.78 is 10.9. The molecule has 2 aromatic rings. The van der Waals surface area contributed by atoms with Crippen molar-refractivity contribution in [1.82, 2.24) is 0 Å². The van der Waals surface area contributed by atoms with Crippen molar-refractivity contribution >= 4 is 17.3 Å². The number of nitro benzene ring substituents is 1. The maximum atomic E-state index is 12.2. The van der Waals surface area contributed by atoms with Crippen LogP contribution in [0.25, 0.3) is 0 Å². The van der Waals surface area contributed by atoms with Gasteiger partial charge in [-0.3, -0.25) is 10.1 Å². The van der Waals surface area contributed by atoms with E-state index in [1.807, 2.05) is 18.2 Å². The molecule has 2 aromatic carbocycles. The Kier molecular flexibility index (Phi) is 4.08. The van der Waals surface area contributed by atoms with Gasteiger partial charge in [0.25, 0.3) is 5.69 Å². The van der Waals surface area contributed by atoms with Gasteiger partial charge in [-0.15, -0.1) is 0 Å². The lowest BCUT2D eigenvalue weighted by Gasteiger charge is -2.37. The maximum absolute atomic E-state index is 12.2. The number of esters is 1. The third kappa shape index (κ3) is 2.61. The molecule has 1 N–H and O–H groups in total. The van der Waals surface area contributed by atoms with E-state index in [1.165, 1.54) is 13.2 Å². The van der Waals surface area contributed by atoms with E-state index < -0.39 is 10.9 Å². The van der Waals surface area contributed by atoms with E-state index in [4.69, 9.17) is 9.47 Å². The van der Waals surface area contributed by atoms with Crippen molar-refractivity contribution in [2.75, 3.05) is 19.0 Å². The molecule has 0 aliphatic carbocycles. The second-order valence-corrected chi connectivity index (χ2v) is 6.48. The van der Waals surface area contributed by atoms with Crippen molar-refractivity contribution in [1.29, 1.82) is 0 Å². The van der Waals surface area contributed by atoms with Gasteiger partial charge in [-0.25, -0.2) is 4.79 Å². The fraction of sp³-hybridized carbons (Fsp3) is 0.316. The average Bonchev–Trinajstić information content (AvgIpc) is 3.16. The third-order valence-corrected chi connectivity index (χ3v) is 5.11. The molecular weight excluding hydrogens is 336 g/mol. The lowest BCUT2D eigenvalue weighted by molar-refractivity contribution is -0.384. The van der Waals surface area contributed by atoms with Crippen molar-refractivity contribution in [3.05, 3.63) is 69.3 Å². The van der Waals surface area contributed by atoms with Crippen LogP contribution in [0.15, 0.2) is 42.5 Å². The number of benzene rings is 2. The minimum absolute atomic E-state index is 0.0480. The van der Waals surface area contributed by atoms with Crippen LogP contribution in [0.3, 0.4) is 0 Å². The molecule has 0 spiro atoms. The minimum atomic E-state index is -0.427. The Hall–Kier alpha value is -2.93. The number of methoxy groups -OCH3 is 1. The van der Waals surface area contributed by atoms with Crippen LogP contribution in [-0.2, 0) is 9.47 Å². The summed E-state index contributed by atoms with van der Waals surface area (Å²) in [6, 6.07) is 11.9. The van der Waals surface area contributed by atoms with Crippen LogP contribution in [0.4, 0.5) is 11.4 Å². The molecule has 2 aliphatic heterocycles. The Balaban J connectivity index is 1.81. The van der Waals surface area contributed by atoms with Gasteiger partial charge in [-0.1, -0.05) is 24.3 Å². The van der Waals surface area contributed by atoms with E-state index in [1.54, 1.807) is 18.2 Å². The largest absolute Gasteiger partial charge is 0.465 e. The van der Waals surface area contributed by atoms with Gasteiger partial charge in [0.2, 0.25) is 0 Å². The van der Waals surface area contributed by atoms with Crippen molar-refractivity contribution in [2.45, 2.75) is 18.6 Å². The van der Waals surface area contributed by atoms with Crippen molar-refractivity contribution in [2.24, 2.45) is 5.92 Å². The SMILES string of the molecule is COC(=O)c1cccc2c1N[C@@H](c1cccc([N+](=O)[O-])c1)[C@H]1CCO[C@@H]21. The number of fused-ring (bicyclic) bond motifs is 3. The number of hydrogen-bond donors (Lipinski definition) is 1. The molecule has 2 aliphatic rings. The third-order valence-electron chi connectivity index (χ3n) is 5.11. The molecule has 7 nitrogen and oxygen atoms in total. The fourth-order valence-electron chi connectivity index (χ4n) is 3.94. The van der Waals surface area contributed by atoms with Gasteiger partial charge in [0.1, 0.15) is 0 Å². The normalized spacial score (nSPS) is 23.5. The van der Waals surface area contributed by atoms with Gasteiger partial charge in [-0.05, 0) is 18.1 Å². The monoisotopic (exact) mass is 354 g/mol. The van der Waals surface area contributed by atoms with Crippen LogP contribution in [0.5, 0.6) is 0 Å². The highest BCUT2D eigenvalue weighted by atomic mass is 16.6. The smallest absolute Gasteiger partial charge is 0.339 e. The predicted molar refractivity (Wildman–Crippen MR) is 94.0 cm³/mol. The first-order valence-corrected chi connectivity index (χ1v) is 8.44. The standard InChI is InChI=1S/C19H18N2O5/c1-25-19(22)15-7-3-6-13-17(15)20-16(14-8-9-26-18(13)14)11-4-2-5-12(10-11)21(23)24/h2-7,10,14,16,18,20H,8-9H2,1H3/t14-,16+,18+/m1/s1. The maximum Gasteiger partial charge on any atom is 0.339 e. The zero-order valence-electron chi connectivity index (χ0n) is 14.2. The summed E-state index contributed by atoms with van der Waals surface area (Å²) in [5.41, 5.74) is 2.90. The number of nitrogens with one attached hydrogen (secondary N) is 1. The van der Waals surface area contributed by atoms with Crippen LogP contribution in [0, 0.1) is 16.0 Å². The van der Waals surface area contributed by atoms with Crippen LogP contribution in [-0.4, -0.2) is 24.6 Å². The molecule has 1 fully saturated rings. The minimum Gasteiger partial charge on any atom is -0.465 e. The number of ether oxygens (including phenoxy) is 2. The van der Waals surface area contributed by atoms with E-state index >= 15 is 0 Å². The van der Waals surface area contributed by atoms with E-state index in [-0.39, 0.29) is 23.8 Å². The van der Waals surface area contributed by atoms with Crippen LogP contribution in [0.1, 0.15) is 40.1 Å². The molecule has 0 unspecified atom stereocenters. The average molecular weight is 354 g/mol. The number of nitro groups is 1. The molecule has 0 radical (unpaired) electrons. The first-order chi connectivity index (χ1) is 12.6. The molecule has 134 valence electrons. The summed E-state index contributed by atoms with van der Waals surface area (Å²) in [7, 11) is 1.34. The Morgan fingerprint density at radius 2 is 2.12 bits per heavy atom. The topological polar surface area (TPSA) is 90.7 Å². The van der Waals surface area contributed by atoms with Crippen molar-refractivity contribution in [3.63, 3.8) is 0 Å². The molecule has 3 atom stereocenters. The number of carbonyl (C=O) groups excluding carboxylic acids is 1. The summed E-state index contributed by atoms with van der Waals surface area (Å²) in [4.78, 5) is 22.9. The highest BCUT2D eigenvalue weighted by Crippen LogP contribution is 2.50. The quantitative estimate of drug-likeness (QED) is 0.514. The van der Waals surface area contributed by atoms with E-state index in [9.17, 15) is 14.9 Å². The molecule has 26 heavy (non-hydrogen) atoms. The zero-order valence-corrected chi connectivity index (χ0v) is 14.2. The number of para-hydroxylation sites is 1. The Bertz CT molecular complexity index is 882. The number of non-ortho nitro benzene ring substituents is 1. The molecule has 0 aromatic heterocycles. The predicted octanol–water partition coefficient (Wildman–Crippen LogP) is 3.63. The number of rotatable bonds is 3.